The number of pyridine rings is 1. The van der Waals surface area contributed by atoms with Crippen molar-refractivity contribution in [1.82, 2.24) is 4.57 Å². The van der Waals surface area contributed by atoms with Gasteiger partial charge in [-0.3, -0.25) is 4.79 Å². The van der Waals surface area contributed by atoms with E-state index in [4.69, 9.17) is 0 Å². The number of aryl methyl sites for hydroxylation is 1. The van der Waals surface area contributed by atoms with Crippen LogP contribution in [0.5, 0.6) is 0 Å². The van der Waals surface area contributed by atoms with E-state index in [0.717, 1.165) is 12.3 Å². The van der Waals surface area contributed by atoms with Crippen molar-refractivity contribution in [2.24, 2.45) is 0 Å². The van der Waals surface area contributed by atoms with Crippen molar-refractivity contribution in [2.75, 3.05) is 18.0 Å². The Morgan fingerprint density at radius 3 is 2.50 bits per heavy atom. The zero-order valence-corrected chi connectivity index (χ0v) is 15.4. The third-order valence-corrected chi connectivity index (χ3v) is 4.57. The third-order valence-electron chi connectivity index (χ3n) is 4.57. The molecule has 0 radical (unpaired) electrons. The molecular formula is C17H17AgF2N2O4. The van der Waals surface area contributed by atoms with E-state index in [0.29, 0.717) is 12.8 Å². The van der Waals surface area contributed by atoms with Gasteiger partial charge in [0.1, 0.15) is 11.5 Å². The number of carbonyl (C=O) groups is 1. The topological polar surface area (TPSA) is 85.6 Å². The summed E-state index contributed by atoms with van der Waals surface area (Å²) in [5.41, 5.74) is -2.01. The van der Waals surface area contributed by atoms with Crippen LogP contribution in [0.3, 0.4) is 0 Å². The zero-order chi connectivity index (χ0) is 18.3. The Labute approximate surface area is 163 Å². The van der Waals surface area contributed by atoms with E-state index in [9.17, 15) is 24.2 Å². The van der Waals surface area contributed by atoms with E-state index in [1.165, 1.54) is 9.47 Å². The van der Waals surface area contributed by atoms with Crippen LogP contribution in [0.2, 0.25) is 0 Å². The number of aromatic nitrogens is 1. The predicted molar refractivity (Wildman–Crippen MR) is 85.6 cm³/mol. The maximum Gasteiger partial charge on any atom is 1.00 e. The zero-order valence-electron chi connectivity index (χ0n) is 13.9. The molecule has 1 saturated heterocycles. The van der Waals surface area contributed by atoms with Crippen molar-refractivity contribution >= 4 is 22.6 Å². The summed E-state index contributed by atoms with van der Waals surface area (Å²) in [4.78, 5) is 24.9. The van der Waals surface area contributed by atoms with Crippen molar-refractivity contribution in [1.29, 1.82) is 0 Å². The molecule has 0 saturated carbocycles. The molecule has 0 spiro atoms. The molecule has 0 amide bonds. The second-order valence-corrected chi connectivity index (χ2v) is 6.08. The number of aromatic carboxylic acids is 1. The first-order valence-electron chi connectivity index (χ1n) is 8.04. The van der Waals surface area contributed by atoms with E-state index < -0.39 is 34.7 Å². The molecule has 1 aromatic carbocycles. The summed E-state index contributed by atoms with van der Waals surface area (Å²) < 4.78 is 30.9. The molecule has 9 heteroatoms. The molecule has 2 heterocycles. The molecule has 1 N–H and O–H groups in total. The van der Waals surface area contributed by atoms with Gasteiger partial charge in [-0.1, -0.05) is 0 Å². The van der Waals surface area contributed by atoms with Crippen molar-refractivity contribution in [2.45, 2.75) is 32.4 Å². The third kappa shape index (κ3) is 3.42. The molecular weight excluding hydrogens is 442 g/mol. The Balaban J connectivity index is 0.00000243. The van der Waals surface area contributed by atoms with Crippen molar-refractivity contribution in [3.8, 4) is 0 Å². The van der Waals surface area contributed by atoms with Gasteiger partial charge < -0.3 is 24.5 Å². The smallest absolute Gasteiger partial charge is 0.545 e. The molecule has 144 valence electrons. The van der Waals surface area contributed by atoms with Gasteiger partial charge in [0.05, 0.1) is 28.5 Å². The van der Waals surface area contributed by atoms with Crippen LogP contribution in [0, 0.1) is 11.6 Å². The van der Waals surface area contributed by atoms with E-state index in [1.54, 1.807) is 6.92 Å². The molecule has 0 bridgehead atoms. The first-order chi connectivity index (χ1) is 11.8. The summed E-state index contributed by atoms with van der Waals surface area (Å²) in [6.45, 7) is 2.42. The molecule has 26 heavy (non-hydrogen) atoms. The Morgan fingerprint density at radius 2 is 1.96 bits per heavy atom. The van der Waals surface area contributed by atoms with Crippen molar-refractivity contribution in [3.05, 3.63) is 39.7 Å². The molecule has 1 aliphatic heterocycles. The van der Waals surface area contributed by atoms with E-state index in [2.05, 4.69) is 0 Å². The number of rotatable bonds is 3. The molecule has 3 rings (SSSR count). The Hall–Kier alpha value is -1.74. The Morgan fingerprint density at radius 1 is 1.35 bits per heavy atom. The Kier molecular flexibility index (Phi) is 6.23. The van der Waals surface area contributed by atoms with E-state index in [-0.39, 0.29) is 58.6 Å². The molecule has 1 aliphatic rings. The molecule has 1 aromatic heterocycles. The molecule has 0 atom stereocenters. The number of nitrogens with zero attached hydrogens (tertiary/aromatic N) is 2. The van der Waals surface area contributed by atoms with Crippen molar-refractivity contribution in [3.63, 3.8) is 0 Å². The number of carbonyl (C=O) groups excluding carboxylic acids is 1. The molecule has 0 unspecified atom stereocenters. The number of carboxylic acid groups (broad SMARTS) is 1. The SMILES string of the molecule is CCn1cc(C(=O)[O-])c(=O)c2cc(F)c(N3CCC(O)CC3)c(F)c21.[Ag+]. The average molecular weight is 459 g/mol. The molecule has 1 fully saturated rings. The van der Waals surface area contributed by atoms with Gasteiger partial charge in [-0.15, -0.1) is 0 Å². The second-order valence-electron chi connectivity index (χ2n) is 6.08. The summed E-state index contributed by atoms with van der Waals surface area (Å²) in [7, 11) is 0. The summed E-state index contributed by atoms with van der Waals surface area (Å²) in [5, 5.41) is 20.3. The molecule has 0 aliphatic carbocycles. The number of fused-ring (bicyclic) bond motifs is 1. The monoisotopic (exact) mass is 458 g/mol. The fraction of sp³-hybridized carbons (Fsp3) is 0.412. The first-order valence-corrected chi connectivity index (χ1v) is 8.04. The van der Waals surface area contributed by atoms with Crippen LogP contribution in [0.25, 0.3) is 10.9 Å². The number of halogens is 2. The number of anilines is 1. The molecule has 2 aromatic rings. The second kappa shape index (κ2) is 7.87. The number of aliphatic hydroxyl groups excluding tert-OH is 1. The van der Waals surface area contributed by atoms with Gasteiger partial charge in [-0.25, -0.2) is 8.78 Å². The predicted octanol–water partition coefficient (Wildman–Crippen LogP) is 0.622. The van der Waals surface area contributed by atoms with Gasteiger partial charge in [0.25, 0.3) is 0 Å². The molecule has 6 nitrogen and oxygen atoms in total. The fourth-order valence-electron chi connectivity index (χ4n) is 3.25. The number of carboxylic acids is 1. The van der Waals surface area contributed by atoms with Gasteiger partial charge in [-0.05, 0) is 25.8 Å². The summed E-state index contributed by atoms with van der Waals surface area (Å²) >= 11 is 0. The van der Waals surface area contributed by atoms with Gasteiger partial charge in [-0.2, -0.15) is 0 Å². The minimum atomic E-state index is -1.69. The Bertz CT molecular complexity index is 908. The largest absolute Gasteiger partial charge is 1.00 e. The standard InChI is InChI=1S/C17H18F2N2O4.Ag/c1-2-20-8-11(17(24)25)16(23)10-7-12(18)15(13(19)14(10)20)21-5-3-9(22)4-6-21;/h7-9,22H,2-6H2,1H3,(H,24,25);/q;+1/p-1. The summed E-state index contributed by atoms with van der Waals surface area (Å²) in [5.74, 6) is -3.53. The average Bonchev–Trinajstić information content (AvgIpc) is 2.57. The number of benzene rings is 1. The van der Waals surface area contributed by atoms with Crippen LogP contribution < -0.4 is 15.4 Å². The first kappa shape index (κ1) is 20.6. The maximum absolute atomic E-state index is 15.1. The van der Waals surface area contributed by atoms with E-state index >= 15 is 4.39 Å². The van der Waals surface area contributed by atoms with E-state index in [1.807, 2.05) is 0 Å². The minimum Gasteiger partial charge on any atom is -0.545 e. The van der Waals surface area contributed by atoms with Gasteiger partial charge >= 0.3 is 22.4 Å². The van der Waals surface area contributed by atoms with Crippen LogP contribution in [-0.2, 0) is 28.9 Å². The number of hydrogen-bond acceptors (Lipinski definition) is 5. The van der Waals surface area contributed by atoms with Crippen molar-refractivity contribution < 1.29 is 46.2 Å². The summed E-state index contributed by atoms with van der Waals surface area (Å²) in [6, 6.07) is 0.875. The number of hydrogen-bond donors (Lipinski definition) is 1. The van der Waals surface area contributed by atoms with Crippen LogP contribution in [-0.4, -0.2) is 34.8 Å². The van der Waals surface area contributed by atoms with Crippen LogP contribution in [0.4, 0.5) is 14.5 Å². The quantitative estimate of drug-likeness (QED) is 0.681. The number of piperidine rings is 1. The minimum absolute atomic E-state index is 0. The summed E-state index contributed by atoms with van der Waals surface area (Å²) in [6.07, 6.45) is 1.30. The number of aliphatic hydroxyl groups is 1. The van der Waals surface area contributed by atoms with Crippen LogP contribution in [0.15, 0.2) is 17.1 Å². The maximum atomic E-state index is 15.1. The van der Waals surface area contributed by atoms with Gasteiger partial charge in [0.2, 0.25) is 0 Å². The fourth-order valence-corrected chi connectivity index (χ4v) is 3.25. The van der Waals surface area contributed by atoms with Crippen LogP contribution in [0.1, 0.15) is 30.1 Å². The van der Waals surface area contributed by atoms with Gasteiger partial charge in [0, 0.05) is 25.8 Å². The van der Waals surface area contributed by atoms with Gasteiger partial charge in [0.15, 0.2) is 11.2 Å². The van der Waals surface area contributed by atoms with Crippen LogP contribution >= 0.6 is 0 Å². The normalized spacial score (nSPS) is 15.2.